The molecule has 0 atom stereocenters. The van der Waals surface area contributed by atoms with Crippen molar-refractivity contribution in [2.75, 3.05) is 18.0 Å². The third-order valence-electron chi connectivity index (χ3n) is 2.68. The van der Waals surface area contributed by atoms with Crippen LogP contribution in [0.3, 0.4) is 0 Å². The van der Waals surface area contributed by atoms with Crippen LogP contribution in [0.5, 0.6) is 0 Å². The van der Waals surface area contributed by atoms with Gasteiger partial charge in [-0.2, -0.15) is 13.2 Å². The molecule has 1 N–H and O–H groups in total. The average molecular weight is 252 g/mol. The molecule has 1 aliphatic heterocycles. The van der Waals surface area contributed by atoms with Gasteiger partial charge in [-0.1, -0.05) is 6.92 Å². The number of β-amino-alcohol motifs (C(OH)–C–C–N with tert-alkyl or cyclic N) is 1. The molecule has 3 nitrogen and oxygen atoms in total. The van der Waals surface area contributed by atoms with E-state index in [-0.39, 0.29) is 0 Å². The van der Waals surface area contributed by atoms with Crippen LogP contribution in [-0.2, 0) is 6.18 Å². The third kappa shape index (κ3) is 2.01. The highest BCUT2D eigenvalue weighted by atomic mass is 32.1. The highest BCUT2D eigenvalue weighted by Crippen LogP contribution is 2.36. The summed E-state index contributed by atoms with van der Waals surface area (Å²) >= 11 is 0.955. The SMILES string of the molecule is CCC1(O)CN(c2nc(C(F)(F)F)cs2)C1. The van der Waals surface area contributed by atoms with E-state index < -0.39 is 17.5 Å². The summed E-state index contributed by atoms with van der Waals surface area (Å²) in [6.45, 7) is 2.56. The maximum absolute atomic E-state index is 12.3. The van der Waals surface area contributed by atoms with Crippen LogP contribution in [0.1, 0.15) is 19.0 Å². The van der Waals surface area contributed by atoms with Gasteiger partial charge in [0.1, 0.15) is 0 Å². The zero-order valence-corrected chi connectivity index (χ0v) is 9.40. The molecule has 1 aliphatic rings. The van der Waals surface area contributed by atoms with Gasteiger partial charge in [0.15, 0.2) is 10.8 Å². The number of anilines is 1. The van der Waals surface area contributed by atoms with Crippen LogP contribution in [0.2, 0.25) is 0 Å². The van der Waals surface area contributed by atoms with Crippen LogP contribution in [0.15, 0.2) is 5.38 Å². The standard InChI is InChI=1S/C9H11F3N2OS/c1-2-8(15)4-14(5-8)7-13-6(3-16-7)9(10,11)12/h3,15H,2,4-5H2,1H3. The second-order valence-electron chi connectivity index (χ2n) is 3.95. The van der Waals surface area contributed by atoms with E-state index in [1.54, 1.807) is 4.90 Å². The van der Waals surface area contributed by atoms with E-state index in [9.17, 15) is 18.3 Å². The number of nitrogens with zero attached hydrogens (tertiary/aromatic N) is 2. The molecule has 0 aromatic carbocycles. The van der Waals surface area contributed by atoms with E-state index in [1.165, 1.54) is 0 Å². The van der Waals surface area contributed by atoms with Crippen molar-refractivity contribution >= 4 is 16.5 Å². The molecule has 0 spiro atoms. The predicted molar refractivity (Wildman–Crippen MR) is 54.6 cm³/mol. The number of aromatic nitrogens is 1. The minimum Gasteiger partial charge on any atom is -0.386 e. The molecule has 0 amide bonds. The highest BCUT2D eigenvalue weighted by molar-refractivity contribution is 7.13. The number of hydrogen-bond donors (Lipinski definition) is 1. The molecule has 1 aromatic rings. The molecule has 0 saturated carbocycles. The van der Waals surface area contributed by atoms with Crippen LogP contribution < -0.4 is 4.90 Å². The van der Waals surface area contributed by atoms with Gasteiger partial charge in [0.25, 0.3) is 0 Å². The Balaban J connectivity index is 2.06. The molecule has 1 saturated heterocycles. The molecule has 2 rings (SSSR count). The largest absolute Gasteiger partial charge is 0.434 e. The van der Waals surface area contributed by atoms with Crippen LogP contribution >= 0.6 is 11.3 Å². The molecule has 7 heteroatoms. The van der Waals surface area contributed by atoms with Crippen LogP contribution in [-0.4, -0.2) is 28.8 Å². The number of aliphatic hydroxyl groups is 1. The lowest BCUT2D eigenvalue weighted by molar-refractivity contribution is -0.140. The quantitative estimate of drug-likeness (QED) is 0.876. The lowest BCUT2D eigenvalue weighted by atomic mass is 9.92. The number of thiazole rings is 1. The van der Waals surface area contributed by atoms with Gasteiger partial charge in [0.05, 0.1) is 18.7 Å². The van der Waals surface area contributed by atoms with Crippen molar-refractivity contribution < 1.29 is 18.3 Å². The van der Waals surface area contributed by atoms with Crippen molar-refractivity contribution in [2.24, 2.45) is 0 Å². The first-order valence-corrected chi connectivity index (χ1v) is 5.72. The molecule has 2 heterocycles. The molecule has 0 radical (unpaired) electrons. The predicted octanol–water partition coefficient (Wildman–Crippen LogP) is 2.12. The fraction of sp³-hybridized carbons (Fsp3) is 0.667. The van der Waals surface area contributed by atoms with E-state index in [4.69, 9.17) is 0 Å². The first kappa shape index (κ1) is 11.7. The number of rotatable bonds is 2. The molecular formula is C9H11F3N2OS. The van der Waals surface area contributed by atoms with Crippen molar-refractivity contribution in [2.45, 2.75) is 25.1 Å². The van der Waals surface area contributed by atoms with Crippen molar-refractivity contribution in [1.29, 1.82) is 0 Å². The monoisotopic (exact) mass is 252 g/mol. The normalized spacial score (nSPS) is 19.7. The van der Waals surface area contributed by atoms with E-state index in [0.29, 0.717) is 24.6 Å². The van der Waals surface area contributed by atoms with Crippen molar-refractivity contribution in [3.05, 3.63) is 11.1 Å². The van der Waals surface area contributed by atoms with Gasteiger partial charge in [-0.3, -0.25) is 0 Å². The first-order valence-electron chi connectivity index (χ1n) is 4.84. The van der Waals surface area contributed by atoms with Gasteiger partial charge in [0.2, 0.25) is 0 Å². The molecule has 90 valence electrons. The zero-order valence-electron chi connectivity index (χ0n) is 8.58. The average Bonchev–Trinajstić information content (AvgIpc) is 2.60. The second-order valence-corrected chi connectivity index (χ2v) is 4.78. The van der Waals surface area contributed by atoms with Crippen LogP contribution in [0, 0.1) is 0 Å². The number of hydrogen-bond acceptors (Lipinski definition) is 4. The van der Waals surface area contributed by atoms with E-state index >= 15 is 0 Å². The van der Waals surface area contributed by atoms with Crippen molar-refractivity contribution in [3.63, 3.8) is 0 Å². The van der Waals surface area contributed by atoms with Gasteiger partial charge >= 0.3 is 6.18 Å². The summed E-state index contributed by atoms with van der Waals surface area (Å²) in [5, 5.41) is 11.1. The smallest absolute Gasteiger partial charge is 0.386 e. The lowest BCUT2D eigenvalue weighted by Gasteiger charge is -2.46. The molecule has 1 fully saturated rings. The highest BCUT2D eigenvalue weighted by Gasteiger charge is 2.42. The Hall–Kier alpha value is -0.820. The Morgan fingerprint density at radius 2 is 2.19 bits per heavy atom. The lowest BCUT2D eigenvalue weighted by Crippen LogP contribution is -2.61. The van der Waals surface area contributed by atoms with Gasteiger partial charge in [-0.25, -0.2) is 4.98 Å². The molecular weight excluding hydrogens is 241 g/mol. The summed E-state index contributed by atoms with van der Waals surface area (Å²) in [5.41, 5.74) is -1.62. The summed E-state index contributed by atoms with van der Waals surface area (Å²) in [4.78, 5) is 5.17. The fourth-order valence-corrected chi connectivity index (χ4v) is 2.40. The molecule has 0 aliphatic carbocycles. The summed E-state index contributed by atoms with van der Waals surface area (Å²) in [6, 6.07) is 0. The number of alkyl halides is 3. The fourth-order valence-electron chi connectivity index (χ4n) is 1.56. The maximum Gasteiger partial charge on any atom is 0.434 e. The van der Waals surface area contributed by atoms with Crippen LogP contribution in [0.25, 0.3) is 0 Å². The first-order chi connectivity index (χ1) is 7.34. The summed E-state index contributed by atoms with van der Waals surface area (Å²) < 4.78 is 36.8. The Morgan fingerprint density at radius 3 is 2.62 bits per heavy atom. The molecule has 0 unspecified atom stereocenters. The van der Waals surface area contributed by atoms with E-state index in [1.807, 2.05) is 6.92 Å². The van der Waals surface area contributed by atoms with E-state index in [2.05, 4.69) is 4.98 Å². The molecule has 1 aromatic heterocycles. The maximum atomic E-state index is 12.3. The van der Waals surface area contributed by atoms with Crippen LogP contribution in [0.4, 0.5) is 18.3 Å². The van der Waals surface area contributed by atoms with Gasteiger partial charge in [-0.15, -0.1) is 11.3 Å². The van der Waals surface area contributed by atoms with Gasteiger partial charge < -0.3 is 10.0 Å². The summed E-state index contributed by atoms with van der Waals surface area (Å²) in [5.74, 6) is 0. The topological polar surface area (TPSA) is 36.4 Å². The Kier molecular flexibility index (Phi) is 2.62. The minimum atomic E-state index is -4.39. The Bertz CT molecular complexity index is 384. The van der Waals surface area contributed by atoms with Crippen molar-refractivity contribution in [3.8, 4) is 0 Å². The second kappa shape index (κ2) is 3.59. The van der Waals surface area contributed by atoms with Crippen molar-refractivity contribution in [1.82, 2.24) is 4.98 Å². The zero-order chi connectivity index (χ0) is 12.0. The minimum absolute atomic E-state index is 0.324. The summed E-state index contributed by atoms with van der Waals surface area (Å²) in [6.07, 6.45) is -3.79. The summed E-state index contributed by atoms with van der Waals surface area (Å²) in [7, 11) is 0. The van der Waals surface area contributed by atoms with Gasteiger partial charge in [-0.05, 0) is 6.42 Å². The molecule has 0 bridgehead atoms. The molecule has 16 heavy (non-hydrogen) atoms. The van der Waals surface area contributed by atoms with E-state index in [0.717, 1.165) is 16.7 Å². The third-order valence-corrected chi connectivity index (χ3v) is 3.58. The van der Waals surface area contributed by atoms with Gasteiger partial charge in [0, 0.05) is 5.38 Å². The Morgan fingerprint density at radius 1 is 1.56 bits per heavy atom. The number of halogens is 3. The Labute approximate surface area is 94.5 Å².